The van der Waals surface area contributed by atoms with Crippen LogP contribution in [0.2, 0.25) is 0 Å². The monoisotopic (exact) mass is 382 g/mol. The van der Waals surface area contributed by atoms with Gasteiger partial charge in [0.1, 0.15) is 17.6 Å². The molecule has 3 amide bonds. The zero-order valence-corrected chi connectivity index (χ0v) is 15.3. The van der Waals surface area contributed by atoms with Gasteiger partial charge in [0.25, 0.3) is 11.8 Å². The fraction of sp³-hybridized carbons (Fsp3) is 0.190. The minimum absolute atomic E-state index is 0.00725. The maximum atomic E-state index is 14.1. The van der Waals surface area contributed by atoms with E-state index in [4.69, 9.17) is 4.74 Å². The molecule has 2 aromatic rings. The zero-order valence-electron chi connectivity index (χ0n) is 15.3. The average Bonchev–Trinajstić information content (AvgIpc) is 3.00. The normalized spacial score (nSPS) is 16.2. The van der Waals surface area contributed by atoms with E-state index >= 15 is 0 Å². The van der Waals surface area contributed by atoms with Gasteiger partial charge in [-0.25, -0.2) is 9.29 Å². The maximum absolute atomic E-state index is 14.1. The first-order chi connectivity index (χ1) is 13.5. The van der Waals surface area contributed by atoms with Crippen molar-refractivity contribution in [2.45, 2.75) is 12.5 Å². The van der Waals surface area contributed by atoms with Crippen LogP contribution in [0.4, 0.5) is 10.1 Å². The number of rotatable bonds is 6. The van der Waals surface area contributed by atoms with Crippen molar-refractivity contribution in [3.8, 4) is 5.75 Å². The highest BCUT2D eigenvalue weighted by molar-refractivity contribution is 6.23. The summed E-state index contributed by atoms with van der Waals surface area (Å²) in [5, 5.41) is 0. The summed E-state index contributed by atoms with van der Waals surface area (Å²) in [4.78, 5) is 40.6. The second kappa shape index (κ2) is 8.04. The highest BCUT2D eigenvalue weighted by Gasteiger charge is 2.44. The molecule has 2 aromatic carbocycles. The van der Waals surface area contributed by atoms with E-state index in [9.17, 15) is 18.8 Å². The van der Waals surface area contributed by atoms with Gasteiger partial charge in [-0.05, 0) is 36.4 Å². The SMILES string of the molecule is C=CCN(C(=O)c1ccccc1F)C1CC(=O)N(c2ccc(OC)cc2)C1=O. The molecule has 6 nitrogen and oxygen atoms in total. The Bertz CT molecular complexity index is 926. The average molecular weight is 382 g/mol. The summed E-state index contributed by atoms with van der Waals surface area (Å²) in [6, 6.07) is 10.9. The molecular formula is C21H19FN2O4. The first-order valence-electron chi connectivity index (χ1n) is 8.65. The fourth-order valence-electron chi connectivity index (χ4n) is 3.14. The molecule has 0 N–H and O–H groups in total. The number of halogens is 1. The smallest absolute Gasteiger partial charge is 0.257 e. The van der Waals surface area contributed by atoms with E-state index < -0.39 is 29.6 Å². The third-order valence-corrected chi connectivity index (χ3v) is 4.52. The minimum atomic E-state index is -1.03. The Balaban J connectivity index is 1.91. The fourth-order valence-corrected chi connectivity index (χ4v) is 3.14. The predicted molar refractivity (Wildman–Crippen MR) is 102 cm³/mol. The van der Waals surface area contributed by atoms with Crippen molar-refractivity contribution in [2.75, 3.05) is 18.6 Å². The van der Waals surface area contributed by atoms with E-state index in [1.54, 1.807) is 24.3 Å². The number of ether oxygens (including phenoxy) is 1. The molecule has 1 unspecified atom stereocenters. The Morgan fingerprint density at radius 1 is 1.25 bits per heavy atom. The number of carbonyl (C=O) groups excluding carboxylic acids is 3. The van der Waals surface area contributed by atoms with Crippen LogP contribution in [0.15, 0.2) is 61.2 Å². The largest absolute Gasteiger partial charge is 0.497 e. The second-order valence-corrected chi connectivity index (χ2v) is 6.21. The van der Waals surface area contributed by atoms with E-state index in [0.717, 1.165) is 4.90 Å². The van der Waals surface area contributed by atoms with Crippen LogP contribution in [0.25, 0.3) is 0 Å². The lowest BCUT2D eigenvalue weighted by molar-refractivity contribution is -0.122. The number of hydrogen-bond acceptors (Lipinski definition) is 4. The number of anilines is 1. The van der Waals surface area contributed by atoms with Crippen molar-refractivity contribution in [3.63, 3.8) is 0 Å². The van der Waals surface area contributed by atoms with Crippen molar-refractivity contribution in [2.24, 2.45) is 0 Å². The summed E-state index contributed by atoms with van der Waals surface area (Å²) in [5.41, 5.74) is 0.225. The summed E-state index contributed by atoms with van der Waals surface area (Å²) in [7, 11) is 1.51. The summed E-state index contributed by atoms with van der Waals surface area (Å²) in [6.45, 7) is 3.61. The molecule has 1 aliphatic heterocycles. The molecule has 1 fully saturated rings. The van der Waals surface area contributed by atoms with E-state index in [-0.39, 0.29) is 18.5 Å². The van der Waals surface area contributed by atoms with Crippen molar-refractivity contribution in [3.05, 3.63) is 72.6 Å². The van der Waals surface area contributed by atoms with Gasteiger partial charge in [0.05, 0.1) is 24.8 Å². The molecule has 0 saturated carbocycles. The molecule has 3 rings (SSSR count). The van der Waals surface area contributed by atoms with Crippen molar-refractivity contribution in [1.29, 1.82) is 0 Å². The first kappa shape index (κ1) is 19.3. The van der Waals surface area contributed by atoms with Crippen molar-refractivity contribution >= 4 is 23.4 Å². The molecule has 144 valence electrons. The van der Waals surface area contributed by atoms with Crippen molar-refractivity contribution in [1.82, 2.24) is 4.90 Å². The van der Waals surface area contributed by atoms with E-state index in [1.165, 1.54) is 42.4 Å². The molecular weight excluding hydrogens is 363 g/mol. The van der Waals surface area contributed by atoms with Gasteiger partial charge in [0.15, 0.2) is 0 Å². The molecule has 1 atom stereocenters. The lowest BCUT2D eigenvalue weighted by atomic mass is 10.1. The minimum Gasteiger partial charge on any atom is -0.497 e. The van der Waals surface area contributed by atoms with E-state index in [1.807, 2.05) is 0 Å². The van der Waals surface area contributed by atoms with Gasteiger partial charge < -0.3 is 9.64 Å². The summed E-state index contributed by atoms with van der Waals surface area (Å²) in [5.74, 6) is -1.74. The molecule has 0 aliphatic carbocycles. The third-order valence-electron chi connectivity index (χ3n) is 4.52. The Morgan fingerprint density at radius 3 is 2.54 bits per heavy atom. The molecule has 0 spiro atoms. The van der Waals surface area contributed by atoms with Crippen LogP contribution >= 0.6 is 0 Å². The molecule has 0 radical (unpaired) electrons. The molecule has 7 heteroatoms. The number of nitrogens with zero attached hydrogens (tertiary/aromatic N) is 2. The summed E-state index contributed by atoms with van der Waals surface area (Å²) in [6.07, 6.45) is 1.26. The van der Waals surface area contributed by atoms with Crippen LogP contribution in [0.3, 0.4) is 0 Å². The topological polar surface area (TPSA) is 66.9 Å². The van der Waals surface area contributed by atoms with Crippen LogP contribution < -0.4 is 9.64 Å². The number of amides is 3. The lowest BCUT2D eigenvalue weighted by Crippen LogP contribution is -2.45. The van der Waals surface area contributed by atoms with Crippen LogP contribution in [0.5, 0.6) is 5.75 Å². The number of hydrogen-bond donors (Lipinski definition) is 0. The van der Waals surface area contributed by atoms with Gasteiger partial charge in [-0.3, -0.25) is 14.4 Å². The highest BCUT2D eigenvalue weighted by atomic mass is 19.1. The van der Waals surface area contributed by atoms with Gasteiger partial charge in [0, 0.05) is 6.54 Å². The molecule has 28 heavy (non-hydrogen) atoms. The predicted octanol–water partition coefficient (Wildman–Crippen LogP) is 2.79. The molecule has 1 heterocycles. The maximum Gasteiger partial charge on any atom is 0.257 e. The number of methoxy groups -OCH3 is 1. The first-order valence-corrected chi connectivity index (χ1v) is 8.65. The van der Waals surface area contributed by atoms with Crippen LogP contribution in [0, 0.1) is 5.82 Å². The quantitative estimate of drug-likeness (QED) is 0.569. The van der Waals surface area contributed by atoms with Gasteiger partial charge in [0.2, 0.25) is 5.91 Å². The third kappa shape index (κ3) is 3.51. The van der Waals surface area contributed by atoms with E-state index in [0.29, 0.717) is 11.4 Å². The molecule has 0 bridgehead atoms. The highest BCUT2D eigenvalue weighted by Crippen LogP contribution is 2.28. The number of benzene rings is 2. The molecule has 1 saturated heterocycles. The van der Waals surface area contributed by atoms with E-state index in [2.05, 4.69) is 6.58 Å². The second-order valence-electron chi connectivity index (χ2n) is 6.21. The number of carbonyl (C=O) groups is 3. The zero-order chi connectivity index (χ0) is 20.3. The lowest BCUT2D eigenvalue weighted by Gasteiger charge is -2.26. The Morgan fingerprint density at radius 2 is 1.93 bits per heavy atom. The van der Waals surface area contributed by atoms with Crippen LogP contribution in [-0.4, -0.2) is 42.3 Å². The van der Waals surface area contributed by atoms with Crippen LogP contribution in [0.1, 0.15) is 16.8 Å². The van der Waals surface area contributed by atoms with Gasteiger partial charge in [-0.15, -0.1) is 6.58 Å². The standard InChI is InChI=1S/C21H19FN2O4/c1-3-12-23(20(26)16-6-4-5-7-17(16)22)18-13-19(25)24(21(18)27)14-8-10-15(28-2)11-9-14/h3-11,18H,1,12-13H2,2H3. The van der Waals surface area contributed by atoms with Gasteiger partial charge in [-0.1, -0.05) is 18.2 Å². The van der Waals surface area contributed by atoms with Gasteiger partial charge >= 0.3 is 0 Å². The molecule has 1 aliphatic rings. The van der Waals surface area contributed by atoms with Crippen molar-refractivity contribution < 1.29 is 23.5 Å². The van der Waals surface area contributed by atoms with Gasteiger partial charge in [-0.2, -0.15) is 0 Å². The number of imide groups is 1. The summed E-state index contributed by atoms with van der Waals surface area (Å²) < 4.78 is 19.1. The Labute approximate surface area is 161 Å². The Hall–Kier alpha value is -3.48. The van der Waals surface area contributed by atoms with Crippen LogP contribution in [-0.2, 0) is 9.59 Å². The summed E-state index contributed by atoms with van der Waals surface area (Å²) >= 11 is 0. The molecule has 0 aromatic heterocycles. The Kier molecular flexibility index (Phi) is 5.54.